The van der Waals surface area contributed by atoms with Crippen molar-refractivity contribution in [3.05, 3.63) is 29.8 Å². The number of hydrogen-bond donors (Lipinski definition) is 1. The van der Waals surface area contributed by atoms with Crippen LogP contribution in [0.1, 0.15) is 25.5 Å². The topological polar surface area (TPSA) is 59.0 Å². The van der Waals surface area contributed by atoms with E-state index in [9.17, 15) is 9.90 Å². The highest BCUT2D eigenvalue weighted by atomic mass is 16.5. The molecule has 0 aliphatic heterocycles. The third kappa shape index (κ3) is 5.19. The normalized spacial score (nSPS) is 12.2. The average Bonchev–Trinajstić information content (AvgIpc) is 2.46. The molecule has 20 heavy (non-hydrogen) atoms. The number of ether oxygens (including phenoxy) is 2. The Morgan fingerprint density at radius 3 is 2.75 bits per heavy atom. The van der Waals surface area contributed by atoms with Crippen molar-refractivity contribution in [1.82, 2.24) is 4.90 Å². The lowest BCUT2D eigenvalue weighted by atomic mass is 10.1. The molecule has 0 saturated carbocycles. The molecule has 1 atom stereocenters. The van der Waals surface area contributed by atoms with Crippen LogP contribution in [-0.4, -0.2) is 49.3 Å². The van der Waals surface area contributed by atoms with Gasteiger partial charge < -0.3 is 14.6 Å². The molecule has 0 fully saturated rings. The molecule has 0 aromatic heterocycles. The van der Waals surface area contributed by atoms with Gasteiger partial charge in [-0.2, -0.15) is 0 Å². The molecule has 1 aromatic carbocycles. The highest BCUT2D eigenvalue weighted by molar-refractivity contribution is 5.71. The second-order valence-corrected chi connectivity index (χ2v) is 4.43. The van der Waals surface area contributed by atoms with Crippen molar-refractivity contribution in [1.29, 1.82) is 0 Å². The predicted octanol–water partition coefficient (Wildman–Crippen LogP) is 1.61. The Balaban J connectivity index is 2.61. The van der Waals surface area contributed by atoms with E-state index in [1.165, 1.54) is 0 Å². The van der Waals surface area contributed by atoms with E-state index in [1.54, 1.807) is 20.1 Å². The number of aliphatic hydroxyl groups is 1. The molecule has 1 aromatic rings. The van der Waals surface area contributed by atoms with Gasteiger partial charge in [0.05, 0.1) is 26.4 Å². The Morgan fingerprint density at radius 1 is 1.40 bits per heavy atom. The van der Waals surface area contributed by atoms with Crippen molar-refractivity contribution in [2.45, 2.75) is 20.0 Å². The lowest BCUT2D eigenvalue weighted by molar-refractivity contribution is -0.144. The summed E-state index contributed by atoms with van der Waals surface area (Å²) in [6.45, 7) is 5.32. The van der Waals surface area contributed by atoms with Gasteiger partial charge in [0.2, 0.25) is 0 Å². The number of aliphatic hydroxyl groups excluding tert-OH is 1. The molecule has 0 heterocycles. The summed E-state index contributed by atoms with van der Waals surface area (Å²) in [7, 11) is 1.59. The number of hydrogen-bond acceptors (Lipinski definition) is 5. The summed E-state index contributed by atoms with van der Waals surface area (Å²) in [6.07, 6.45) is -0.667. The van der Waals surface area contributed by atoms with Crippen LogP contribution < -0.4 is 4.74 Å². The van der Waals surface area contributed by atoms with Gasteiger partial charge in [0, 0.05) is 6.54 Å². The van der Waals surface area contributed by atoms with Crippen molar-refractivity contribution in [3.8, 4) is 5.75 Å². The van der Waals surface area contributed by atoms with Crippen molar-refractivity contribution in [2.24, 2.45) is 0 Å². The number of carbonyl (C=O) groups excluding carboxylic acids is 1. The maximum atomic E-state index is 11.5. The van der Waals surface area contributed by atoms with Crippen LogP contribution in [0.25, 0.3) is 0 Å². The minimum atomic E-state index is -0.667. The van der Waals surface area contributed by atoms with Gasteiger partial charge in [0.1, 0.15) is 5.75 Å². The van der Waals surface area contributed by atoms with Crippen molar-refractivity contribution >= 4 is 5.97 Å². The highest BCUT2D eigenvalue weighted by Crippen LogP contribution is 2.19. The zero-order valence-corrected chi connectivity index (χ0v) is 12.3. The summed E-state index contributed by atoms with van der Waals surface area (Å²) in [6, 6.07) is 7.29. The predicted molar refractivity (Wildman–Crippen MR) is 76.7 cm³/mol. The van der Waals surface area contributed by atoms with Gasteiger partial charge >= 0.3 is 5.97 Å². The second-order valence-electron chi connectivity index (χ2n) is 4.43. The molecule has 0 radical (unpaired) electrons. The molecule has 0 aliphatic rings. The van der Waals surface area contributed by atoms with Crippen LogP contribution >= 0.6 is 0 Å². The number of rotatable bonds is 8. The number of nitrogens with zero attached hydrogens (tertiary/aromatic N) is 1. The van der Waals surface area contributed by atoms with E-state index in [2.05, 4.69) is 0 Å². The van der Waals surface area contributed by atoms with Crippen LogP contribution in [-0.2, 0) is 9.53 Å². The third-order valence-electron chi connectivity index (χ3n) is 3.01. The average molecular weight is 281 g/mol. The lowest BCUT2D eigenvalue weighted by Crippen LogP contribution is -2.34. The molecule has 1 unspecified atom stereocenters. The largest absolute Gasteiger partial charge is 0.497 e. The van der Waals surface area contributed by atoms with Crippen molar-refractivity contribution in [3.63, 3.8) is 0 Å². The van der Waals surface area contributed by atoms with E-state index in [0.717, 1.165) is 5.56 Å². The SMILES string of the molecule is CCOC(=O)CN(CC)CC(O)c1cccc(OC)c1. The summed E-state index contributed by atoms with van der Waals surface area (Å²) < 4.78 is 10.0. The van der Waals surface area contributed by atoms with E-state index in [1.807, 2.05) is 30.0 Å². The fourth-order valence-electron chi connectivity index (χ4n) is 1.89. The van der Waals surface area contributed by atoms with Crippen LogP contribution in [0.5, 0.6) is 5.75 Å². The first kappa shape index (κ1) is 16.5. The maximum absolute atomic E-state index is 11.5. The summed E-state index contributed by atoms with van der Waals surface area (Å²) in [4.78, 5) is 13.3. The van der Waals surface area contributed by atoms with Crippen LogP contribution in [0.3, 0.4) is 0 Å². The van der Waals surface area contributed by atoms with Gasteiger partial charge in [0.15, 0.2) is 0 Å². The van der Waals surface area contributed by atoms with E-state index < -0.39 is 6.10 Å². The fraction of sp³-hybridized carbons (Fsp3) is 0.533. The van der Waals surface area contributed by atoms with E-state index >= 15 is 0 Å². The molecule has 0 aliphatic carbocycles. The van der Waals surface area contributed by atoms with Crippen LogP contribution in [0.4, 0.5) is 0 Å². The molecule has 0 bridgehead atoms. The Bertz CT molecular complexity index is 422. The molecule has 5 heteroatoms. The Morgan fingerprint density at radius 2 is 2.15 bits per heavy atom. The van der Waals surface area contributed by atoms with Crippen molar-refractivity contribution < 1.29 is 19.4 Å². The zero-order chi connectivity index (χ0) is 15.0. The summed E-state index contributed by atoms with van der Waals surface area (Å²) in [5.41, 5.74) is 0.770. The monoisotopic (exact) mass is 281 g/mol. The molecule has 1 rings (SSSR count). The third-order valence-corrected chi connectivity index (χ3v) is 3.01. The lowest BCUT2D eigenvalue weighted by Gasteiger charge is -2.23. The molecule has 1 N–H and O–H groups in total. The first-order valence-corrected chi connectivity index (χ1v) is 6.80. The van der Waals surface area contributed by atoms with E-state index in [4.69, 9.17) is 9.47 Å². The Hall–Kier alpha value is -1.59. The highest BCUT2D eigenvalue weighted by Gasteiger charge is 2.16. The molecular formula is C15H23NO4. The first-order chi connectivity index (χ1) is 9.60. The fourth-order valence-corrected chi connectivity index (χ4v) is 1.89. The minimum Gasteiger partial charge on any atom is -0.497 e. The van der Waals surface area contributed by atoms with E-state index in [-0.39, 0.29) is 12.5 Å². The van der Waals surface area contributed by atoms with Gasteiger partial charge in [-0.25, -0.2) is 0 Å². The smallest absolute Gasteiger partial charge is 0.320 e. The molecule has 0 spiro atoms. The molecule has 112 valence electrons. The van der Waals surface area contributed by atoms with Crippen LogP contribution in [0.15, 0.2) is 24.3 Å². The van der Waals surface area contributed by atoms with E-state index in [0.29, 0.717) is 25.4 Å². The van der Waals surface area contributed by atoms with Gasteiger partial charge in [0.25, 0.3) is 0 Å². The number of benzene rings is 1. The quantitative estimate of drug-likeness (QED) is 0.734. The second kappa shape index (κ2) is 8.55. The first-order valence-electron chi connectivity index (χ1n) is 6.80. The van der Waals surface area contributed by atoms with Gasteiger partial charge in [-0.15, -0.1) is 0 Å². The molecule has 0 saturated heterocycles. The van der Waals surface area contributed by atoms with Crippen LogP contribution in [0, 0.1) is 0 Å². The number of likely N-dealkylation sites (N-methyl/N-ethyl adjacent to an activating group) is 1. The summed E-state index contributed by atoms with van der Waals surface area (Å²) in [5.74, 6) is 0.433. The minimum absolute atomic E-state index is 0.186. The maximum Gasteiger partial charge on any atom is 0.320 e. The Kier molecular flexibility index (Phi) is 7.04. The van der Waals surface area contributed by atoms with Crippen molar-refractivity contribution in [2.75, 3.05) is 33.4 Å². The summed E-state index contributed by atoms with van der Waals surface area (Å²) in [5, 5.41) is 10.2. The van der Waals surface area contributed by atoms with Gasteiger partial charge in [-0.3, -0.25) is 9.69 Å². The number of methoxy groups -OCH3 is 1. The summed E-state index contributed by atoms with van der Waals surface area (Å²) >= 11 is 0. The molecule has 0 amide bonds. The standard InChI is InChI=1S/C15H23NO4/c1-4-16(11-15(18)20-5-2)10-14(17)12-7-6-8-13(9-12)19-3/h6-9,14,17H,4-5,10-11H2,1-3H3. The van der Waals surface area contributed by atoms with Gasteiger partial charge in [-0.05, 0) is 31.2 Å². The molecule has 5 nitrogen and oxygen atoms in total. The van der Waals surface area contributed by atoms with Gasteiger partial charge in [-0.1, -0.05) is 19.1 Å². The Labute approximate surface area is 120 Å². The number of esters is 1. The number of carbonyl (C=O) groups is 1. The van der Waals surface area contributed by atoms with Crippen LogP contribution in [0.2, 0.25) is 0 Å². The molecular weight excluding hydrogens is 258 g/mol. The zero-order valence-electron chi connectivity index (χ0n) is 12.3.